The summed E-state index contributed by atoms with van der Waals surface area (Å²) in [5.74, 6) is 0. The van der Waals surface area contributed by atoms with Crippen LogP contribution in [0.1, 0.15) is 31.2 Å². The highest BCUT2D eigenvalue weighted by Gasteiger charge is 2.12. The van der Waals surface area contributed by atoms with Crippen LogP contribution in [0.4, 0.5) is 0 Å². The molecule has 1 saturated heterocycles. The first-order chi connectivity index (χ1) is 9.93. The van der Waals surface area contributed by atoms with Crippen molar-refractivity contribution >= 4 is 10.9 Å². The summed E-state index contributed by atoms with van der Waals surface area (Å²) in [5.41, 5.74) is 2.39. The lowest BCUT2D eigenvalue weighted by atomic mass is 10.1. The number of benzene rings is 1. The molecule has 0 spiro atoms. The molecule has 1 N–H and O–H groups in total. The molecule has 1 fully saturated rings. The van der Waals surface area contributed by atoms with Crippen LogP contribution >= 0.6 is 0 Å². The summed E-state index contributed by atoms with van der Waals surface area (Å²) in [4.78, 5) is 4.40. The van der Waals surface area contributed by atoms with E-state index in [0.717, 1.165) is 31.6 Å². The first-order valence-corrected chi connectivity index (χ1v) is 7.58. The molecular weight excluding hydrogens is 248 g/mol. The first-order valence-electron chi connectivity index (χ1n) is 7.58. The Bertz CT molecular complexity index is 544. The van der Waals surface area contributed by atoms with Crippen LogP contribution in [0.3, 0.4) is 0 Å². The number of fused-ring (bicyclic) bond motifs is 1. The fourth-order valence-corrected chi connectivity index (χ4v) is 2.83. The van der Waals surface area contributed by atoms with E-state index in [2.05, 4.69) is 34.6 Å². The maximum Gasteiger partial charge on any atom is 0.0705 e. The van der Waals surface area contributed by atoms with E-state index in [4.69, 9.17) is 4.74 Å². The summed E-state index contributed by atoms with van der Waals surface area (Å²) < 4.78 is 5.75. The van der Waals surface area contributed by atoms with Gasteiger partial charge in [-0.2, -0.15) is 0 Å². The Hall–Kier alpha value is -1.45. The van der Waals surface area contributed by atoms with Crippen molar-refractivity contribution < 1.29 is 4.74 Å². The number of rotatable bonds is 5. The Labute approximate surface area is 120 Å². The van der Waals surface area contributed by atoms with E-state index in [1.54, 1.807) is 0 Å². The topological polar surface area (TPSA) is 34.1 Å². The fourth-order valence-electron chi connectivity index (χ4n) is 2.83. The second kappa shape index (κ2) is 6.82. The number of hydrogen-bond acceptors (Lipinski definition) is 3. The van der Waals surface area contributed by atoms with E-state index >= 15 is 0 Å². The number of nitrogens with zero attached hydrogens (tertiary/aromatic N) is 1. The Morgan fingerprint density at radius 1 is 1.20 bits per heavy atom. The third kappa shape index (κ3) is 3.35. The summed E-state index contributed by atoms with van der Waals surface area (Å²) in [6, 6.07) is 10.4. The number of para-hydroxylation sites is 1. The van der Waals surface area contributed by atoms with Crippen molar-refractivity contribution in [2.24, 2.45) is 0 Å². The molecule has 0 bridgehead atoms. The summed E-state index contributed by atoms with van der Waals surface area (Å²) >= 11 is 0. The molecule has 1 unspecified atom stereocenters. The lowest BCUT2D eigenvalue weighted by Crippen LogP contribution is -2.25. The smallest absolute Gasteiger partial charge is 0.0705 e. The molecule has 106 valence electrons. The summed E-state index contributed by atoms with van der Waals surface area (Å²) in [7, 11) is 0. The predicted octanol–water partition coefficient (Wildman–Crippen LogP) is 3.28. The molecule has 3 rings (SSSR count). The van der Waals surface area contributed by atoms with Crippen molar-refractivity contribution in [1.82, 2.24) is 10.3 Å². The molecule has 2 heterocycles. The molecule has 20 heavy (non-hydrogen) atoms. The molecular formula is C17H22N2O. The second-order valence-electron chi connectivity index (χ2n) is 5.44. The van der Waals surface area contributed by atoms with Gasteiger partial charge in [-0.15, -0.1) is 0 Å². The van der Waals surface area contributed by atoms with Crippen molar-refractivity contribution in [2.45, 2.75) is 38.3 Å². The Morgan fingerprint density at radius 3 is 3.05 bits per heavy atom. The van der Waals surface area contributed by atoms with Gasteiger partial charge in [-0.25, -0.2) is 0 Å². The SMILES string of the molecule is c1ccc2c(CNCCC3CCCCO3)ccnc2c1. The van der Waals surface area contributed by atoms with Gasteiger partial charge in [0.2, 0.25) is 0 Å². The minimum atomic E-state index is 0.463. The standard InChI is InChI=1S/C17H22N2O/c1-2-7-17-16(6-1)14(8-11-19-17)13-18-10-9-15-5-3-4-12-20-15/h1-2,6-8,11,15,18H,3-5,9-10,12-13H2. The Balaban J connectivity index is 1.52. The van der Waals surface area contributed by atoms with Crippen LogP contribution in [-0.4, -0.2) is 24.2 Å². The van der Waals surface area contributed by atoms with Gasteiger partial charge in [0.1, 0.15) is 0 Å². The van der Waals surface area contributed by atoms with Gasteiger partial charge >= 0.3 is 0 Å². The van der Waals surface area contributed by atoms with Gasteiger partial charge in [0, 0.05) is 24.7 Å². The van der Waals surface area contributed by atoms with Crippen LogP contribution in [0.15, 0.2) is 36.5 Å². The maximum absolute atomic E-state index is 5.75. The highest BCUT2D eigenvalue weighted by Crippen LogP contribution is 2.17. The summed E-state index contributed by atoms with van der Waals surface area (Å²) in [6.45, 7) is 2.86. The lowest BCUT2D eigenvalue weighted by Gasteiger charge is -2.22. The molecule has 1 aromatic carbocycles. The monoisotopic (exact) mass is 270 g/mol. The van der Waals surface area contributed by atoms with Crippen LogP contribution in [0.5, 0.6) is 0 Å². The Kier molecular flexibility index (Phi) is 4.61. The molecule has 1 atom stereocenters. The van der Waals surface area contributed by atoms with Crippen LogP contribution in [-0.2, 0) is 11.3 Å². The molecule has 0 saturated carbocycles. The van der Waals surface area contributed by atoms with Gasteiger partial charge in [-0.3, -0.25) is 4.98 Å². The van der Waals surface area contributed by atoms with Gasteiger partial charge in [0.15, 0.2) is 0 Å². The Morgan fingerprint density at radius 2 is 2.15 bits per heavy atom. The van der Waals surface area contributed by atoms with Gasteiger partial charge in [0.25, 0.3) is 0 Å². The van der Waals surface area contributed by atoms with E-state index in [0.29, 0.717) is 6.10 Å². The van der Waals surface area contributed by atoms with Gasteiger partial charge in [-0.1, -0.05) is 18.2 Å². The first kappa shape index (κ1) is 13.5. The van der Waals surface area contributed by atoms with Crippen LogP contribution in [0.25, 0.3) is 10.9 Å². The highest BCUT2D eigenvalue weighted by molar-refractivity contribution is 5.81. The number of ether oxygens (including phenoxy) is 1. The van der Waals surface area contributed by atoms with Gasteiger partial charge in [0.05, 0.1) is 11.6 Å². The average molecular weight is 270 g/mol. The van der Waals surface area contributed by atoms with Gasteiger partial charge < -0.3 is 10.1 Å². The molecule has 0 aliphatic carbocycles. The zero-order valence-electron chi connectivity index (χ0n) is 11.8. The minimum absolute atomic E-state index is 0.463. The number of nitrogens with one attached hydrogen (secondary N) is 1. The van der Waals surface area contributed by atoms with E-state index in [9.17, 15) is 0 Å². The van der Waals surface area contributed by atoms with E-state index < -0.39 is 0 Å². The highest BCUT2D eigenvalue weighted by atomic mass is 16.5. The third-order valence-electron chi connectivity index (χ3n) is 3.97. The van der Waals surface area contributed by atoms with E-state index in [1.807, 2.05) is 12.3 Å². The van der Waals surface area contributed by atoms with Crippen molar-refractivity contribution in [1.29, 1.82) is 0 Å². The molecule has 3 heteroatoms. The van der Waals surface area contributed by atoms with Crippen LogP contribution in [0, 0.1) is 0 Å². The zero-order chi connectivity index (χ0) is 13.6. The molecule has 0 radical (unpaired) electrons. The van der Waals surface area contributed by atoms with Gasteiger partial charge in [-0.05, 0) is 49.9 Å². The average Bonchev–Trinajstić information content (AvgIpc) is 2.53. The van der Waals surface area contributed by atoms with E-state index in [1.165, 1.54) is 30.2 Å². The largest absolute Gasteiger partial charge is 0.378 e. The molecule has 1 aliphatic heterocycles. The fraction of sp³-hybridized carbons (Fsp3) is 0.471. The number of pyridine rings is 1. The zero-order valence-corrected chi connectivity index (χ0v) is 11.8. The molecule has 2 aromatic rings. The van der Waals surface area contributed by atoms with Crippen molar-refractivity contribution in [3.63, 3.8) is 0 Å². The van der Waals surface area contributed by atoms with Crippen molar-refractivity contribution in [2.75, 3.05) is 13.2 Å². The normalized spacial score (nSPS) is 19.3. The lowest BCUT2D eigenvalue weighted by molar-refractivity contribution is 0.0115. The van der Waals surface area contributed by atoms with E-state index in [-0.39, 0.29) is 0 Å². The predicted molar refractivity (Wildman–Crippen MR) is 81.7 cm³/mol. The summed E-state index contributed by atoms with van der Waals surface area (Å²) in [5, 5.41) is 4.78. The van der Waals surface area contributed by atoms with Crippen molar-refractivity contribution in [3.05, 3.63) is 42.1 Å². The van der Waals surface area contributed by atoms with Crippen LogP contribution < -0.4 is 5.32 Å². The molecule has 1 aromatic heterocycles. The molecule has 3 nitrogen and oxygen atoms in total. The quantitative estimate of drug-likeness (QED) is 0.847. The second-order valence-corrected chi connectivity index (χ2v) is 5.44. The third-order valence-corrected chi connectivity index (χ3v) is 3.97. The van der Waals surface area contributed by atoms with Crippen LogP contribution in [0.2, 0.25) is 0 Å². The summed E-state index contributed by atoms with van der Waals surface area (Å²) in [6.07, 6.45) is 7.24. The number of hydrogen-bond donors (Lipinski definition) is 1. The minimum Gasteiger partial charge on any atom is -0.378 e. The number of aromatic nitrogens is 1. The molecule has 1 aliphatic rings. The maximum atomic E-state index is 5.75. The van der Waals surface area contributed by atoms with Crippen molar-refractivity contribution in [3.8, 4) is 0 Å². The molecule has 0 amide bonds.